The van der Waals surface area contributed by atoms with Gasteiger partial charge in [-0.3, -0.25) is 0 Å². The summed E-state index contributed by atoms with van der Waals surface area (Å²) in [6.07, 6.45) is 3.40. The largest absolute Gasteiger partial charge is 0.493 e. The number of benzene rings is 1. The zero-order chi connectivity index (χ0) is 20.4. The molecule has 1 aromatic rings. The maximum atomic E-state index is 12.1. The molecule has 0 spiro atoms. The molecule has 6 heteroatoms. The van der Waals surface area contributed by atoms with Gasteiger partial charge in [-0.05, 0) is 70.0 Å². The van der Waals surface area contributed by atoms with E-state index >= 15 is 0 Å². The van der Waals surface area contributed by atoms with Crippen LogP contribution in [0.2, 0.25) is 0 Å². The van der Waals surface area contributed by atoms with Gasteiger partial charge in [-0.2, -0.15) is 0 Å². The van der Waals surface area contributed by atoms with Gasteiger partial charge in [0, 0.05) is 0 Å². The normalized spacial score (nSPS) is 9.85. The molecule has 0 saturated heterocycles. The molecule has 0 radical (unpaired) electrons. The standard InChI is InChI=1S/C21H28O6/c1-7-25-20(22)17(21(23)26-8-2)12-16-11-15(5)19(18(13-16)24-6)27-10-9-14(3)4/h9,11-13H,7-8,10H2,1-6H3. The van der Waals surface area contributed by atoms with E-state index in [9.17, 15) is 9.59 Å². The summed E-state index contributed by atoms with van der Waals surface area (Å²) in [6, 6.07) is 3.50. The molecule has 0 aliphatic carbocycles. The Balaban J connectivity index is 3.27. The Morgan fingerprint density at radius 3 is 2.11 bits per heavy atom. The number of aryl methyl sites for hydroxylation is 1. The molecule has 0 amide bonds. The minimum absolute atomic E-state index is 0.162. The van der Waals surface area contributed by atoms with Crippen molar-refractivity contribution in [2.75, 3.05) is 26.9 Å². The van der Waals surface area contributed by atoms with Gasteiger partial charge in [0.15, 0.2) is 11.5 Å². The van der Waals surface area contributed by atoms with Crippen molar-refractivity contribution in [1.29, 1.82) is 0 Å². The summed E-state index contributed by atoms with van der Waals surface area (Å²) in [7, 11) is 1.54. The number of rotatable bonds is 9. The lowest BCUT2D eigenvalue weighted by molar-refractivity contribution is -0.146. The van der Waals surface area contributed by atoms with Gasteiger partial charge in [0.2, 0.25) is 0 Å². The third-order valence-electron chi connectivity index (χ3n) is 3.50. The number of methoxy groups -OCH3 is 1. The van der Waals surface area contributed by atoms with E-state index in [2.05, 4.69) is 0 Å². The van der Waals surface area contributed by atoms with Crippen molar-refractivity contribution < 1.29 is 28.5 Å². The molecule has 0 bridgehead atoms. The first-order valence-corrected chi connectivity index (χ1v) is 8.84. The predicted molar refractivity (Wildman–Crippen MR) is 104 cm³/mol. The lowest BCUT2D eigenvalue weighted by atomic mass is 10.1. The second-order valence-corrected chi connectivity index (χ2v) is 5.96. The van der Waals surface area contributed by atoms with Crippen LogP contribution in [0.4, 0.5) is 0 Å². The van der Waals surface area contributed by atoms with Crippen molar-refractivity contribution in [3.8, 4) is 11.5 Å². The van der Waals surface area contributed by atoms with Crippen LogP contribution in [0, 0.1) is 6.92 Å². The number of esters is 2. The van der Waals surface area contributed by atoms with E-state index in [0.717, 1.165) is 11.1 Å². The number of hydrogen-bond acceptors (Lipinski definition) is 6. The van der Waals surface area contributed by atoms with E-state index in [1.54, 1.807) is 26.0 Å². The van der Waals surface area contributed by atoms with Crippen molar-refractivity contribution in [3.63, 3.8) is 0 Å². The summed E-state index contributed by atoms with van der Waals surface area (Å²) in [6.45, 7) is 9.95. The zero-order valence-corrected chi connectivity index (χ0v) is 16.9. The topological polar surface area (TPSA) is 71.1 Å². The second-order valence-electron chi connectivity index (χ2n) is 5.96. The zero-order valence-electron chi connectivity index (χ0n) is 16.9. The summed E-state index contributed by atoms with van der Waals surface area (Å²) in [5.74, 6) is -0.329. The van der Waals surface area contributed by atoms with Crippen LogP contribution in [0.15, 0.2) is 29.4 Å². The van der Waals surface area contributed by atoms with Gasteiger partial charge >= 0.3 is 11.9 Å². The highest BCUT2D eigenvalue weighted by Crippen LogP contribution is 2.33. The van der Waals surface area contributed by atoms with Crippen molar-refractivity contribution >= 4 is 18.0 Å². The summed E-state index contributed by atoms with van der Waals surface area (Å²) in [4.78, 5) is 24.2. The maximum absolute atomic E-state index is 12.1. The number of carbonyl (C=O) groups is 2. The Bertz CT molecular complexity index is 706. The predicted octanol–water partition coefficient (Wildman–Crippen LogP) is 3.86. The first kappa shape index (κ1) is 22.3. The first-order chi connectivity index (χ1) is 12.8. The molecule has 6 nitrogen and oxygen atoms in total. The molecule has 0 fully saturated rings. The Labute approximate surface area is 160 Å². The van der Waals surface area contributed by atoms with E-state index in [0.29, 0.717) is 23.7 Å². The first-order valence-electron chi connectivity index (χ1n) is 8.84. The van der Waals surface area contributed by atoms with Crippen molar-refractivity contribution in [3.05, 3.63) is 40.5 Å². The molecule has 148 valence electrons. The van der Waals surface area contributed by atoms with E-state index in [-0.39, 0.29) is 18.8 Å². The molecule has 0 aliphatic rings. The lowest BCUT2D eigenvalue weighted by Gasteiger charge is -2.14. The molecule has 27 heavy (non-hydrogen) atoms. The highest BCUT2D eigenvalue weighted by molar-refractivity contribution is 6.17. The smallest absolute Gasteiger partial charge is 0.345 e. The van der Waals surface area contributed by atoms with Crippen LogP contribution in [-0.4, -0.2) is 38.9 Å². The SMILES string of the molecule is CCOC(=O)C(=Cc1cc(C)c(OCC=C(C)C)c(OC)c1)C(=O)OCC. The van der Waals surface area contributed by atoms with E-state index in [1.165, 1.54) is 13.2 Å². The minimum atomic E-state index is -0.726. The number of hydrogen-bond donors (Lipinski definition) is 0. The van der Waals surface area contributed by atoms with Gasteiger partial charge in [0.25, 0.3) is 0 Å². The molecule has 0 aliphatic heterocycles. The average Bonchev–Trinajstić information content (AvgIpc) is 2.61. The lowest BCUT2D eigenvalue weighted by Crippen LogP contribution is -2.18. The van der Waals surface area contributed by atoms with E-state index < -0.39 is 11.9 Å². The molecule has 0 aromatic heterocycles. The fourth-order valence-electron chi connectivity index (χ4n) is 2.27. The van der Waals surface area contributed by atoms with Crippen LogP contribution in [0.1, 0.15) is 38.8 Å². The monoisotopic (exact) mass is 376 g/mol. The van der Waals surface area contributed by atoms with Gasteiger partial charge in [-0.15, -0.1) is 0 Å². The number of carbonyl (C=O) groups excluding carboxylic acids is 2. The van der Waals surface area contributed by atoms with E-state index in [4.69, 9.17) is 18.9 Å². The molecule has 0 heterocycles. The Hall–Kier alpha value is -2.76. The molecule has 0 N–H and O–H groups in total. The third kappa shape index (κ3) is 6.81. The van der Waals surface area contributed by atoms with Gasteiger partial charge in [0.1, 0.15) is 12.2 Å². The minimum Gasteiger partial charge on any atom is -0.493 e. The highest BCUT2D eigenvalue weighted by atomic mass is 16.6. The Morgan fingerprint density at radius 2 is 1.63 bits per heavy atom. The van der Waals surface area contributed by atoms with Crippen molar-refractivity contribution in [2.24, 2.45) is 0 Å². The molecule has 1 aromatic carbocycles. The average molecular weight is 376 g/mol. The number of ether oxygens (including phenoxy) is 4. The van der Waals surface area contributed by atoms with Gasteiger partial charge in [-0.1, -0.05) is 5.57 Å². The van der Waals surface area contributed by atoms with Crippen LogP contribution in [0.5, 0.6) is 11.5 Å². The molecular formula is C21H28O6. The van der Waals surface area contributed by atoms with Crippen molar-refractivity contribution in [2.45, 2.75) is 34.6 Å². The summed E-state index contributed by atoms with van der Waals surface area (Å²) in [5, 5.41) is 0. The molecule has 0 atom stereocenters. The summed E-state index contributed by atoms with van der Waals surface area (Å²) >= 11 is 0. The fraction of sp³-hybridized carbons (Fsp3) is 0.429. The Kier molecular flexibility index (Phi) is 9.13. The van der Waals surface area contributed by atoms with Gasteiger partial charge in [-0.25, -0.2) is 9.59 Å². The fourth-order valence-corrected chi connectivity index (χ4v) is 2.27. The van der Waals surface area contributed by atoms with Crippen LogP contribution in [0.25, 0.3) is 6.08 Å². The molecule has 0 unspecified atom stereocenters. The van der Waals surface area contributed by atoms with Gasteiger partial charge < -0.3 is 18.9 Å². The van der Waals surface area contributed by atoms with Gasteiger partial charge in [0.05, 0.1) is 20.3 Å². The van der Waals surface area contributed by atoms with Crippen LogP contribution in [-0.2, 0) is 19.1 Å². The van der Waals surface area contributed by atoms with Crippen LogP contribution in [0.3, 0.4) is 0 Å². The second kappa shape index (κ2) is 11.1. The van der Waals surface area contributed by atoms with Crippen LogP contribution < -0.4 is 9.47 Å². The maximum Gasteiger partial charge on any atom is 0.345 e. The third-order valence-corrected chi connectivity index (χ3v) is 3.50. The number of allylic oxidation sites excluding steroid dienone is 1. The summed E-state index contributed by atoms with van der Waals surface area (Å²) < 4.78 is 21.1. The van der Waals surface area contributed by atoms with E-state index in [1.807, 2.05) is 26.8 Å². The molecule has 0 saturated carbocycles. The van der Waals surface area contributed by atoms with Crippen molar-refractivity contribution in [1.82, 2.24) is 0 Å². The Morgan fingerprint density at radius 1 is 1.04 bits per heavy atom. The quantitative estimate of drug-likeness (QED) is 0.214. The highest BCUT2D eigenvalue weighted by Gasteiger charge is 2.21. The van der Waals surface area contributed by atoms with Crippen LogP contribution >= 0.6 is 0 Å². The molecular weight excluding hydrogens is 348 g/mol. The summed E-state index contributed by atoms with van der Waals surface area (Å²) in [5.41, 5.74) is 2.41. The molecule has 1 rings (SSSR count).